The number of ether oxygens (including phenoxy) is 4. The summed E-state index contributed by atoms with van der Waals surface area (Å²) in [5, 5.41) is 10.9. The molecule has 10 rings (SSSR count). The van der Waals surface area contributed by atoms with Crippen LogP contribution in [0.4, 0.5) is 17.1 Å². The zero-order valence-corrected chi connectivity index (χ0v) is 34.1. The van der Waals surface area contributed by atoms with E-state index in [-0.39, 0.29) is 42.8 Å². The third-order valence-electron chi connectivity index (χ3n) is 11.8. The molecular weight excluding hydrogens is 795 g/mol. The first-order valence-corrected chi connectivity index (χ1v) is 20.1. The maximum absolute atomic E-state index is 15.3. The molecule has 5 aliphatic heterocycles. The molecule has 306 valence electrons. The molecule has 15 heteroatoms. The van der Waals surface area contributed by atoms with Crippen molar-refractivity contribution in [2.24, 2.45) is 0 Å². The Bertz CT molecular complexity index is 2440. The lowest BCUT2D eigenvalue weighted by Gasteiger charge is -2.41. The minimum Gasteiger partial charge on any atom is -0.508 e. The molecule has 5 aromatic rings. The van der Waals surface area contributed by atoms with E-state index < -0.39 is 0 Å². The number of amides is 2. The number of halogens is 2. The van der Waals surface area contributed by atoms with Gasteiger partial charge in [-0.25, -0.2) is 4.68 Å². The van der Waals surface area contributed by atoms with Crippen LogP contribution in [-0.4, -0.2) is 104 Å². The molecule has 5 aliphatic rings. The molecule has 0 radical (unpaired) electrons. The van der Waals surface area contributed by atoms with Gasteiger partial charge in [-0.05, 0) is 96.3 Å². The van der Waals surface area contributed by atoms with E-state index in [0.717, 1.165) is 48.4 Å². The highest BCUT2D eigenvalue weighted by atomic mass is 35.5. The number of phenols is 1. The normalized spacial score (nSPS) is 17.9. The summed E-state index contributed by atoms with van der Waals surface area (Å²) in [5.74, 6) is 0.893. The Labute approximate surface area is 352 Å². The van der Waals surface area contributed by atoms with E-state index in [1.165, 1.54) is 0 Å². The van der Waals surface area contributed by atoms with Gasteiger partial charge in [-0.2, -0.15) is 0 Å². The Morgan fingerprint density at radius 2 is 1.66 bits per heavy atom. The first-order valence-electron chi connectivity index (χ1n) is 19.7. The Morgan fingerprint density at radius 3 is 2.47 bits per heavy atom. The first-order chi connectivity index (χ1) is 28.3. The molecule has 1 saturated heterocycles. The zero-order valence-electron chi connectivity index (χ0n) is 32.5. The Morgan fingerprint density at radius 1 is 0.881 bits per heavy atom. The number of aromatic nitrogens is 1. The van der Waals surface area contributed by atoms with E-state index in [0.29, 0.717) is 102 Å². The fourth-order valence-corrected chi connectivity index (χ4v) is 9.12. The number of benzene rings is 4. The summed E-state index contributed by atoms with van der Waals surface area (Å²) in [6.45, 7) is 5.63. The molecule has 1 aromatic heterocycles. The fraction of sp³-hybridized carbons (Fsp3) is 0.318. The fourth-order valence-electron chi connectivity index (χ4n) is 8.85. The molecule has 6 heterocycles. The number of likely N-dealkylation sites (N-methyl/N-ethyl adjacent to an activating group) is 1. The number of fused-ring (bicyclic) bond motifs is 4. The monoisotopic (exact) mass is 838 g/mol. The van der Waals surface area contributed by atoms with Gasteiger partial charge < -0.3 is 39.3 Å². The van der Waals surface area contributed by atoms with Crippen LogP contribution in [0.1, 0.15) is 37.4 Å². The van der Waals surface area contributed by atoms with Crippen molar-refractivity contribution in [3.8, 4) is 34.4 Å². The van der Waals surface area contributed by atoms with E-state index in [9.17, 15) is 5.11 Å². The van der Waals surface area contributed by atoms with Crippen LogP contribution in [0.5, 0.6) is 23.1 Å². The average molecular weight is 840 g/mol. The molecule has 1 fully saturated rings. The number of anilines is 3. The van der Waals surface area contributed by atoms with Crippen molar-refractivity contribution in [3.63, 3.8) is 0 Å². The molecule has 1 atom stereocenters. The second-order valence-electron chi connectivity index (χ2n) is 15.3. The summed E-state index contributed by atoms with van der Waals surface area (Å²) in [6, 6.07) is 23.7. The van der Waals surface area contributed by atoms with Gasteiger partial charge in [0.2, 0.25) is 12.7 Å². The Kier molecular flexibility index (Phi) is 10.5. The molecule has 0 bridgehead atoms. The number of hydrogen-bond donors (Lipinski definition) is 2. The maximum atomic E-state index is 15.3. The number of nitrogens with one attached hydrogen (secondary N) is 1. The Hall–Kier alpha value is -5.60. The summed E-state index contributed by atoms with van der Waals surface area (Å²) in [5.41, 5.74) is 10.9. The van der Waals surface area contributed by atoms with E-state index in [1.807, 2.05) is 41.3 Å². The smallest absolute Gasteiger partial charge is 0.268 e. The average Bonchev–Trinajstić information content (AvgIpc) is 3.98. The number of phenolic OH excluding ortho intramolecular Hbond substituents is 1. The highest BCUT2D eigenvalue weighted by Gasteiger charge is 2.37. The van der Waals surface area contributed by atoms with Crippen molar-refractivity contribution < 1.29 is 33.6 Å². The van der Waals surface area contributed by atoms with E-state index in [2.05, 4.69) is 28.3 Å². The van der Waals surface area contributed by atoms with Gasteiger partial charge in [-0.15, -0.1) is 12.4 Å². The summed E-state index contributed by atoms with van der Waals surface area (Å²) in [6.07, 6.45) is 1.47. The van der Waals surface area contributed by atoms with E-state index >= 15 is 9.59 Å². The third-order valence-corrected chi connectivity index (χ3v) is 12.2. The molecule has 2 N–H and O–H groups in total. The molecular formula is C44H44Cl2N6O7. The summed E-state index contributed by atoms with van der Waals surface area (Å²) in [7, 11) is 2.06. The quantitative estimate of drug-likeness (QED) is 0.189. The predicted molar refractivity (Wildman–Crippen MR) is 227 cm³/mol. The van der Waals surface area contributed by atoms with Crippen molar-refractivity contribution in [2.75, 3.05) is 81.6 Å². The minimum atomic E-state index is -0.334. The van der Waals surface area contributed by atoms with Gasteiger partial charge in [-0.1, -0.05) is 23.7 Å². The van der Waals surface area contributed by atoms with Gasteiger partial charge in [0, 0.05) is 73.5 Å². The molecule has 2 amide bonds. The summed E-state index contributed by atoms with van der Waals surface area (Å²) in [4.78, 5) is 38.5. The third kappa shape index (κ3) is 7.05. The maximum Gasteiger partial charge on any atom is 0.268 e. The second kappa shape index (κ2) is 15.9. The molecule has 0 unspecified atom stereocenters. The highest BCUT2D eigenvalue weighted by molar-refractivity contribution is 6.31. The first kappa shape index (κ1) is 38.9. The lowest BCUT2D eigenvalue weighted by molar-refractivity contribution is 0.0193. The second-order valence-corrected chi connectivity index (χ2v) is 15.7. The summed E-state index contributed by atoms with van der Waals surface area (Å²) >= 11 is 6.76. The largest absolute Gasteiger partial charge is 0.508 e. The van der Waals surface area contributed by atoms with Crippen LogP contribution in [0.25, 0.3) is 11.3 Å². The van der Waals surface area contributed by atoms with Gasteiger partial charge in [-0.3, -0.25) is 19.4 Å². The van der Waals surface area contributed by atoms with Gasteiger partial charge in [0.15, 0.2) is 11.5 Å². The van der Waals surface area contributed by atoms with Crippen LogP contribution >= 0.6 is 24.0 Å². The van der Waals surface area contributed by atoms with E-state index in [4.69, 9.17) is 30.5 Å². The van der Waals surface area contributed by atoms with Crippen LogP contribution in [0, 0.1) is 0 Å². The number of carbonyl (C=O) groups excluding carboxylic acids is 2. The number of aromatic hydroxyl groups is 1. The van der Waals surface area contributed by atoms with Crippen LogP contribution < -0.4 is 29.4 Å². The van der Waals surface area contributed by atoms with Crippen LogP contribution in [0.3, 0.4) is 0 Å². The number of nitrogens with zero attached hydrogens (tertiary/aromatic N) is 5. The highest BCUT2D eigenvalue weighted by Crippen LogP contribution is 2.44. The molecule has 0 aliphatic carbocycles. The van der Waals surface area contributed by atoms with Gasteiger partial charge in [0.1, 0.15) is 17.9 Å². The zero-order chi connectivity index (χ0) is 39.5. The van der Waals surface area contributed by atoms with Crippen molar-refractivity contribution in [2.45, 2.75) is 25.4 Å². The van der Waals surface area contributed by atoms with Crippen LogP contribution in [0.2, 0.25) is 5.02 Å². The molecule has 59 heavy (non-hydrogen) atoms. The number of rotatable bonds is 7. The van der Waals surface area contributed by atoms with Crippen LogP contribution in [-0.2, 0) is 24.1 Å². The number of morpholine rings is 1. The lowest BCUT2D eigenvalue weighted by Crippen LogP contribution is -2.52. The molecule has 13 nitrogen and oxygen atoms in total. The standard InChI is InChI=1S/C44H43ClN6O7.ClH/c1-47-13-11-27-19-30(7-10-38(27)47)50(29-5-8-32(52)9-6-29)43(54)36-21-39(51-44(36)56-16-12-46-51)34-22-40-41(58-26-57-40)23-35(34)42(53)49-24-28-3-2-4-37(45)33(28)20-31(49)25-48-14-17-55-18-15-48;/h2-10,19,21-23,31,46,52H,11-18,20,24-26H2,1H3;1H/t31-;/m0./s1. The minimum absolute atomic E-state index is 0. The van der Waals surface area contributed by atoms with Crippen LogP contribution in [0.15, 0.2) is 78.9 Å². The molecule has 4 aromatic carbocycles. The number of hydrogen-bond acceptors (Lipinski definition) is 10. The SMILES string of the molecule is CN1CCc2cc(N(C(=O)c3cc(-c4cc5c(cc4C(=O)N4Cc6cccc(Cl)c6C[C@H]4CN4CCOCC4)OCO5)n4c3OCCN4)c3ccc(O)cc3)ccc21.Cl. The molecule has 0 spiro atoms. The lowest BCUT2D eigenvalue weighted by atomic mass is 9.91. The van der Waals surface area contributed by atoms with Crippen molar-refractivity contribution >= 4 is 52.9 Å². The van der Waals surface area contributed by atoms with Gasteiger partial charge in [0.25, 0.3) is 11.8 Å². The Balaban J connectivity index is 0.00000449. The van der Waals surface area contributed by atoms with E-state index in [1.54, 1.807) is 46.0 Å². The predicted octanol–water partition coefficient (Wildman–Crippen LogP) is 6.47. The van der Waals surface area contributed by atoms with Crippen molar-refractivity contribution in [3.05, 3.63) is 112 Å². The van der Waals surface area contributed by atoms with Crippen molar-refractivity contribution in [1.82, 2.24) is 14.5 Å². The van der Waals surface area contributed by atoms with Gasteiger partial charge in [0.05, 0.1) is 31.0 Å². The topological polar surface area (TPSA) is 121 Å². The number of carbonyl (C=O) groups is 2. The van der Waals surface area contributed by atoms with Crippen molar-refractivity contribution in [1.29, 1.82) is 0 Å². The van der Waals surface area contributed by atoms with Gasteiger partial charge >= 0.3 is 0 Å². The summed E-state index contributed by atoms with van der Waals surface area (Å²) < 4.78 is 25.4. The molecule has 0 saturated carbocycles.